The minimum Gasteiger partial charge on any atom is -0.504 e. The van der Waals surface area contributed by atoms with Gasteiger partial charge in [-0.15, -0.1) is 5.10 Å². The number of carbonyl (C=O) groups is 2. The van der Waals surface area contributed by atoms with Crippen molar-refractivity contribution in [2.24, 2.45) is 0 Å². The van der Waals surface area contributed by atoms with Crippen LogP contribution in [0.4, 0.5) is 18.9 Å². The second kappa shape index (κ2) is 13.6. The van der Waals surface area contributed by atoms with Crippen LogP contribution < -0.4 is 10.9 Å². The van der Waals surface area contributed by atoms with Gasteiger partial charge in [0.15, 0.2) is 17.3 Å². The number of benzene rings is 2. The zero-order chi connectivity index (χ0) is 40.0. The lowest BCUT2D eigenvalue weighted by molar-refractivity contribution is -0.137. The number of alkyl halides is 3. The number of nitrogens with one attached hydrogen (secondary N) is 1. The molecule has 1 saturated heterocycles. The van der Waals surface area contributed by atoms with Crippen molar-refractivity contribution >= 4 is 34.9 Å². The number of amides is 2. The lowest BCUT2D eigenvalue weighted by atomic mass is 9.73. The molecule has 2 aromatic carbocycles. The van der Waals surface area contributed by atoms with Gasteiger partial charge in [0.25, 0.3) is 11.5 Å². The molecule has 0 radical (unpaired) electrons. The van der Waals surface area contributed by atoms with Crippen LogP contribution in [0.3, 0.4) is 0 Å². The number of piperidine rings is 1. The molecular formula is C40H39ClF3N9O4. The second-order valence-electron chi connectivity index (χ2n) is 15.8. The van der Waals surface area contributed by atoms with Gasteiger partial charge in [-0.25, -0.2) is 9.97 Å². The molecule has 2 N–H and O–H groups in total. The normalized spacial score (nSPS) is 19.2. The largest absolute Gasteiger partial charge is 0.504 e. The Bertz CT molecular complexity index is 2540. The number of nitrogens with zero attached hydrogens (tertiary/aromatic N) is 8. The molecule has 5 aromatic rings. The molecule has 57 heavy (non-hydrogen) atoms. The van der Waals surface area contributed by atoms with Crippen molar-refractivity contribution in [3.05, 3.63) is 97.4 Å². The predicted octanol–water partition coefficient (Wildman–Crippen LogP) is 5.87. The minimum atomic E-state index is -4.61. The summed E-state index contributed by atoms with van der Waals surface area (Å²) in [5.41, 5.74) is 2.56. The third-order valence-corrected chi connectivity index (χ3v) is 12.4. The maximum absolute atomic E-state index is 14.7. The van der Waals surface area contributed by atoms with Crippen LogP contribution in [-0.4, -0.2) is 81.5 Å². The van der Waals surface area contributed by atoms with E-state index >= 15 is 0 Å². The van der Waals surface area contributed by atoms with Crippen molar-refractivity contribution in [2.45, 2.75) is 89.0 Å². The quantitative estimate of drug-likeness (QED) is 0.215. The Kier molecular flexibility index (Phi) is 8.92. The first-order valence-corrected chi connectivity index (χ1v) is 19.4. The van der Waals surface area contributed by atoms with Crippen molar-refractivity contribution in [3.63, 3.8) is 0 Å². The maximum Gasteiger partial charge on any atom is 0.416 e. The second-order valence-corrected chi connectivity index (χ2v) is 16.2. The molecule has 2 aliphatic heterocycles. The third-order valence-electron chi connectivity index (χ3n) is 12.1. The summed E-state index contributed by atoms with van der Waals surface area (Å²) >= 11 is 6.21. The van der Waals surface area contributed by atoms with Gasteiger partial charge in [-0.05, 0) is 86.8 Å². The average molecular weight is 802 g/mol. The highest BCUT2D eigenvalue weighted by Crippen LogP contribution is 2.50. The van der Waals surface area contributed by atoms with E-state index < -0.39 is 29.0 Å². The fraction of sp³-hybridized carbons (Fsp3) is 0.425. The zero-order valence-electron chi connectivity index (χ0n) is 31.2. The Hall–Kier alpha value is -5.35. The molecule has 1 atom stereocenters. The summed E-state index contributed by atoms with van der Waals surface area (Å²) in [5.74, 6) is -1.02. The van der Waals surface area contributed by atoms with Crippen molar-refractivity contribution in [1.29, 1.82) is 0 Å². The molecule has 4 aliphatic rings. The average Bonchev–Trinajstić information content (AvgIpc) is 3.87. The highest BCUT2D eigenvalue weighted by atomic mass is 35.5. The van der Waals surface area contributed by atoms with Crippen LogP contribution in [0.2, 0.25) is 5.02 Å². The number of hydrogen-bond acceptors (Lipinski definition) is 9. The van der Waals surface area contributed by atoms with E-state index in [2.05, 4.69) is 32.3 Å². The predicted molar refractivity (Wildman–Crippen MR) is 203 cm³/mol. The van der Waals surface area contributed by atoms with E-state index in [1.807, 2.05) is 13.0 Å². The summed E-state index contributed by atoms with van der Waals surface area (Å²) in [6.07, 6.45) is 1.40. The van der Waals surface area contributed by atoms with Crippen LogP contribution in [-0.2, 0) is 35.9 Å². The van der Waals surface area contributed by atoms with Gasteiger partial charge in [0.2, 0.25) is 11.7 Å². The fourth-order valence-corrected chi connectivity index (χ4v) is 9.33. The van der Waals surface area contributed by atoms with Crippen molar-refractivity contribution in [3.8, 4) is 17.1 Å². The van der Waals surface area contributed by atoms with Crippen LogP contribution in [0.1, 0.15) is 89.1 Å². The third kappa shape index (κ3) is 6.51. The summed E-state index contributed by atoms with van der Waals surface area (Å²) in [6, 6.07) is 9.50. The molecule has 5 heterocycles. The van der Waals surface area contributed by atoms with E-state index in [9.17, 15) is 32.7 Å². The van der Waals surface area contributed by atoms with Gasteiger partial charge < -0.3 is 19.9 Å². The molecule has 1 spiro atoms. The monoisotopic (exact) mass is 801 g/mol. The fourth-order valence-electron chi connectivity index (χ4n) is 9.10. The van der Waals surface area contributed by atoms with E-state index in [-0.39, 0.29) is 64.7 Å². The zero-order valence-corrected chi connectivity index (χ0v) is 32.0. The number of aromatic nitrogens is 6. The van der Waals surface area contributed by atoms with Gasteiger partial charge >= 0.3 is 6.18 Å². The Morgan fingerprint density at radius 1 is 1.05 bits per heavy atom. The van der Waals surface area contributed by atoms with Crippen molar-refractivity contribution < 1.29 is 27.9 Å². The van der Waals surface area contributed by atoms with Crippen LogP contribution in [0.15, 0.2) is 47.5 Å². The van der Waals surface area contributed by atoms with Gasteiger partial charge in [-0.3, -0.25) is 19.3 Å². The topological polar surface area (TPSA) is 151 Å². The van der Waals surface area contributed by atoms with E-state index in [0.717, 1.165) is 43.3 Å². The number of aryl methyl sites for hydroxylation is 1. The molecule has 13 nitrogen and oxygen atoms in total. The van der Waals surface area contributed by atoms with Gasteiger partial charge in [-0.2, -0.15) is 22.7 Å². The number of anilines is 1. The number of carbonyl (C=O) groups excluding carboxylic acids is 2. The first-order chi connectivity index (χ1) is 27.2. The molecule has 0 bridgehead atoms. The first-order valence-electron chi connectivity index (χ1n) is 19.1. The molecule has 296 valence electrons. The van der Waals surface area contributed by atoms with Crippen LogP contribution in [0.25, 0.3) is 17.2 Å². The summed E-state index contributed by atoms with van der Waals surface area (Å²) < 4.78 is 43.0. The summed E-state index contributed by atoms with van der Waals surface area (Å²) in [5, 5.41) is 17.7. The molecule has 3 aromatic heterocycles. The number of halogens is 4. The summed E-state index contributed by atoms with van der Waals surface area (Å²) in [7, 11) is 0. The Balaban J connectivity index is 1.09. The number of hydrogen-bond donors (Lipinski definition) is 2. The standard InChI is InChI=1S/C40H39ClF3N9O4/c1-21-17-39(10-13-50(14-11-39)37(57)32-34(55)22(2)45-20-46-32)31-33(21)52(19-30(54)47-29-8-5-26(16-28(29)41)40(42,43)44)38-48-35(49-53(38)36(31)56)24-3-4-25-18-51(27-6-7-27)12-9-23(25)15-24/h3-5,8,15-16,20-21,27,55H,6-7,9-14,17-19H2,1-2H3,(H,47,54). The highest BCUT2D eigenvalue weighted by Gasteiger charge is 2.49. The summed E-state index contributed by atoms with van der Waals surface area (Å²) in [6.45, 7) is 5.66. The van der Waals surface area contributed by atoms with Gasteiger partial charge in [-0.1, -0.05) is 30.7 Å². The lowest BCUT2D eigenvalue weighted by Crippen LogP contribution is -2.46. The molecule has 2 fully saturated rings. The molecule has 17 heteroatoms. The van der Waals surface area contributed by atoms with E-state index in [0.29, 0.717) is 42.4 Å². The molecule has 9 rings (SSSR count). The van der Waals surface area contributed by atoms with Gasteiger partial charge in [0.05, 0.1) is 22.0 Å². The minimum absolute atomic E-state index is 0.00585. The van der Waals surface area contributed by atoms with Gasteiger partial charge in [0, 0.05) is 54.5 Å². The lowest BCUT2D eigenvalue weighted by Gasteiger charge is -2.39. The SMILES string of the molecule is Cc1ncnc(C(=O)N2CCC3(CC2)CC(C)c2c3c(=O)n3nc(-c4ccc5c(c4)CCN(C4CC4)C5)nc3n2CC(=O)Nc2ccc(C(F)(F)F)cc2Cl)c1O. The van der Waals surface area contributed by atoms with E-state index in [1.54, 1.807) is 16.4 Å². The Labute approximate surface area is 329 Å². The van der Waals surface area contributed by atoms with Crippen molar-refractivity contribution in [1.82, 2.24) is 38.9 Å². The van der Waals surface area contributed by atoms with Gasteiger partial charge in [0.1, 0.15) is 12.9 Å². The van der Waals surface area contributed by atoms with Crippen LogP contribution in [0, 0.1) is 6.92 Å². The van der Waals surface area contributed by atoms with E-state index in [4.69, 9.17) is 21.7 Å². The molecular weight excluding hydrogens is 763 g/mol. The van der Waals surface area contributed by atoms with E-state index in [1.165, 1.54) is 34.8 Å². The first kappa shape index (κ1) is 37.2. The van der Waals surface area contributed by atoms with Crippen LogP contribution >= 0.6 is 11.6 Å². The summed E-state index contributed by atoms with van der Waals surface area (Å²) in [4.78, 5) is 59.0. The molecule has 1 saturated carbocycles. The number of rotatable bonds is 6. The van der Waals surface area contributed by atoms with Crippen molar-refractivity contribution in [2.75, 3.05) is 25.0 Å². The number of aromatic hydroxyl groups is 1. The molecule has 2 amide bonds. The number of fused-ring (bicyclic) bond motifs is 4. The molecule has 2 aliphatic carbocycles. The maximum atomic E-state index is 14.7. The smallest absolute Gasteiger partial charge is 0.416 e. The highest BCUT2D eigenvalue weighted by molar-refractivity contribution is 6.33. The number of likely N-dealkylation sites (tertiary alicyclic amines) is 1. The Morgan fingerprint density at radius 2 is 1.82 bits per heavy atom. The van der Waals surface area contributed by atoms with Crippen LogP contribution in [0.5, 0.6) is 5.75 Å². The molecule has 1 unspecified atom stereocenters. The Morgan fingerprint density at radius 3 is 2.54 bits per heavy atom.